The highest BCUT2D eigenvalue weighted by atomic mass is 16.5. The summed E-state index contributed by atoms with van der Waals surface area (Å²) in [6.07, 6.45) is 0.455. The van der Waals surface area contributed by atoms with Gasteiger partial charge in [-0.05, 0) is 20.8 Å². The second-order valence-corrected chi connectivity index (χ2v) is 6.54. The van der Waals surface area contributed by atoms with Crippen molar-refractivity contribution < 1.29 is 14.3 Å². The lowest BCUT2D eigenvalue weighted by Crippen LogP contribution is -2.41. The van der Waals surface area contributed by atoms with E-state index in [0.29, 0.717) is 45.0 Å². The van der Waals surface area contributed by atoms with E-state index in [1.807, 2.05) is 25.7 Å². The van der Waals surface area contributed by atoms with Crippen molar-refractivity contribution in [1.82, 2.24) is 19.8 Å². The molecule has 3 rings (SSSR count). The quantitative estimate of drug-likeness (QED) is 0.898. The van der Waals surface area contributed by atoms with Gasteiger partial charge >= 0.3 is 0 Å². The monoisotopic (exact) mass is 320 g/mol. The maximum absolute atomic E-state index is 12.6. The van der Waals surface area contributed by atoms with E-state index in [2.05, 4.69) is 9.97 Å². The maximum Gasteiger partial charge on any atom is 0.274 e. The van der Waals surface area contributed by atoms with Crippen molar-refractivity contribution in [2.45, 2.75) is 39.2 Å². The van der Waals surface area contributed by atoms with Crippen LogP contribution in [-0.2, 0) is 9.53 Å². The van der Waals surface area contributed by atoms with E-state index in [9.17, 15) is 9.59 Å². The highest BCUT2D eigenvalue weighted by Gasteiger charge is 2.35. The zero-order chi connectivity index (χ0) is 16.6. The highest BCUT2D eigenvalue weighted by Crippen LogP contribution is 2.28. The Bertz CT molecular complexity index is 604. The molecule has 0 spiro atoms. The predicted octanol–water partition coefficient (Wildman–Crippen LogP) is 0.915. The lowest BCUT2D eigenvalue weighted by atomic mass is 10.1. The van der Waals surface area contributed by atoms with Crippen LogP contribution in [0.3, 0.4) is 0 Å². The van der Waals surface area contributed by atoms with Gasteiger partial charge < -0.3 is 19.5 Å². The number of rotatable bonds is 3. The molecule has 1 atom stereocenters. The molecule has 1 aromatic heterocycles. The summed E-state index contributed by atoms with van der Waals surface area (Å²) in [7, 11) is 0. The molecule has 2 aliphatic heterocycles. The highest BCUT2D eigenvalue weighted by molar-refractivity contribution is 5.93. The molecule has 2 aliphatic rings. The third-order valence-electron chi connectivity index (χ3n) is 4.57. The molecule has 0 saturated carbocycles. The number of nitrogens with one attached hydrogen (secondary N) is 1. The molecule has 1 aromatic rings. The molecule has 0 aliphatic carbocycles. The molecule has 2 saturated heterocycles. The normalized spacial score (nSPS) is 22.3. The van der Waals surface area contributed by atoms with Crippen LogP contribution in [0.5, 0.6) is 0 Å². The number of ether oxygens (including phenoxy) is 1. The van der Waals surface area contributed by atoms with Crippen molar-refractivity contribution >= 4 is 11.8 Å². The number of H-pyrrole nitrogens is 1. The number of aromatic amines is 1. The van der Waals surface area contributed by atoms with Crippen molar-refractivity contribution in [2.75, 3.05) is 32.8 Å². The van der Waals surface area contributed by atoms with Crippen LogP contribution in [0.1, 0.15) is 48.2 Å². The fourth-order valence-electron chi connectivity index (χ4n) is 3.22. The van der Waals surface area contributed by atoms with Crippen LogP contribution in [0, 0.1) is 6.92 Å². The number of amides is 2. The van der Waals surface area contributed by atoms with Gasteiger partial charge in [-0.3, -0.25) is 9.59 Å². The number of imidazole rings is 1. The number of hydrogen-bond donors (Lipinski definition) is 1. The van der Waals surface area contributed by atoms with Gasteiger partial charge in [-0.2, -0.15) is 0 Å². The summed E-state index contributed by atoms with van der Waals surface area (Å²) in [6.45, 7) is 8.90. The summed E-state index contributed by atoms with van der Waals surface area (Å²) in [5, 5.41) is 0. The smallest absolute Gasteiger partial charge is 0.274 e. The molecule has 0 bridgehead atoms. The van der Waals surface area contributed by atoms with Crippen LogP contribution >= 0.6 is 0 Å². The number of likely N-dealkylation sites (tertiary alicyclic amines) is 1. The molecule has 7 nitrogen and oxygen atoms in total. The Kier molecular flexibility index (Phi) is 4.39. The van der Waals surface area contributed by atoms with Crippen molar-refractivity contribution in [3.63, 3.8) is 0 Å². The van der Waals surface area contributed by atoms with Crippen LogP contribution in [-0.4, -0.2) is 70.5 Å². The molecular weight excluding hydrogens is 296 g/mol. The van der Waals surface area contributed by atoms with Crippen LogP contribution in [0.25, 0.3) is 0 Å². The Labute approximate surface area is 136 Å². The van der Waals surface area contributed by atoms with E-state index in [-0.39, 0.29) is 23.8 Å². The van der Waals surface area contributed by atoms with E-state index < -0.39 is 0 Å². The number of aryl methyl sites for hydroxylation is 1. The van der Waals surface area contributed by atoms with Gasteiger partial charge in [0.25, 0.3) is 5.91 Å². The standard InChI is InChI=1S/C16H24N4O3/c1-10(2)20-9-12(8-13(20)21)15-17-11(3)14(18-15)16(22)19-4-6-23-7-5-19/h10,12H,4-9H2,1-3H3,(H,17,18)/t12-/m1/s1. The van der Waals surface area contributed by atoms with E-state index in [1.54, 1.807) is 4.90 Å². The molecule has 2 amide bonds. The van der Waals surface area contributed by atoms with Crippen LogP contribution in [0.4, 0.5) is 0 Å². The first-order valence-corrected chi connectivity index (χ1v) is 8.20. The third kappa shape index (κ3) is 3.10. The first-order chi connectivity index (χ1) is 11.0. The Morgan fingerprint density at radius 1 is 1.35 bits per heavy atom. The van der Waals surface area contributed by atoms with Gasteiger partial charge in [-0.25, -0.2) is 4.98 Å². The largest absolute Gasteiger partial charge is 0.378 e. The molecule has 3 heterocycles. The number of carbonyl (C=O) groups is 2. The fourth-order valence-corrected chi connectivity index (χ4v) is 3.22. The average molecular weight is 320 g/mol. The number of carbonyl (C=O) groups excluding carboxylic acids is 2. The molecule has 0 aromatic carbocycles. The summed E-state index contributed by atoms with van der Waals surface area (Å²) in [5.74, 6) is 0.879. The van der Waals surface area contributed by atoms with Crippen molar-refractivity contribution in [3.05, 3.63) is 17.2 Å². The van der Waals surface area contributed by atoms with Crippen molar-refractivity contribution in [3.8, 4) is 0 Å². The minimum absolute atomic E-state index is 0.0369. The van der Waals surface area contributed by atoms with Gasteiger partial charge in [0.05, 0.1) is 13.2 Å². The van der Waals surface area contributed by atoms with E-state index in [4.69, 9.17) is 4.74 Å². The molecule has 0 unspecified atom stereocenters. The molecule has 2 fully saturated rings. The third-order valence-corrected chi connectivity index (χ3v) is 4.57. The summed E-state index contributed by atoms with van der Waals surface area (Å²) >= 11 is 0. The lowest BCUT2D eigenvalue weighted by Gasteiger charge is -2.26. The summed E-state index contributed by atoms with van der Waals surface area (Å²) in [5.41, 5.74) is 1.24. The lowest BCUT2D eigenvalue weighted by molar-refractivity contribution is -0.129. The Morgan fingerprint density at radius 3 is 2.65 bits per heavy atom. The van der Waals surface area contributed by atoms with Crippen molar-refractivity contribution in [1.29, 1.82) is 0 Å². The number of hydrogen-bond acceptors (Lipinski definition) is 4. The molecular formula is C16H24N4O3. The van der Waals surface area contributed by atoms with E-state index in [0.717, 1.165) is 11.5 Å². The summed E-state index contributed by atoms with van der Waals surface area (Å²) in [6, 6.07) is 0.193. The SMILES string of the molecule is Cc1[nH]c([C@@H]2CC(=O)N(C(C)C)C2)nc1C(=O)N1CCOCC1. The fraction of sp³-hybridized carbons (Fsp3) is 0.688. The topological polar surface area (TPSA) is 78.5 Å². The van der Waals surface area contributed by atoms with Gasteiger partial charge in [0.2, 0.25) is 5.91 Å². The zero-order valence-corrected chi connectivity index (χ0v) is 14.0. The van der Waals surface area contributed by atoms with E-state index >= 15 is 0 Å². The number of aromatic nitrogens is 2. The second-order valence-electron chi connectivity index (χ2n) is 6.54. The Morgan fingerprint density at radius 2 is 2.04 bits per heavy atom. The number of morpholine rings is 1. The van der Waals surface area contributed by atoms with Gasteiger partial charge in [0.1, 0.15) is 11.5 Å². The minimum Gasteiger partial charge on any atom is -0.378 e. The molecule has 1 N–H and O–H groups in total. The van der Waals surface area contributed by atoms with Crippen LogP contribution in [0.2, 0.25) is 0 Å². The molecule has 0 radical (unpaired) electrons. The second kappa shape index (κ2) is 6.31. The van der Waals surface area contributed by atoms with E-state index in [1.165, 1.54) is 0 Å². The van der Waals surface area contributed by atoms with Gasteiger partial charge in [0.15, 0.2) is 0 Å². The first kappa shape index (κ1) is 16.0. The first-order valence-electron chi connectivity index (χ1n) is 8.20. The maximum atomic E-state index is 12.6. The van der Waals surface area contributed by atoms with Crippen LogP contribution in [0.15, 0.2) is 0 Å². The minimum atomic E-state index is -0.0571. The number of nitrogens with zero attached hydrogens (tertiary/aromatic N) is 3. The molecule has 23 heavy (non-hydrogen) atoms. The van der Waals surface area contributed by atoms with Gasteiger partial charge in [-0.1, -0.05) is 0 Å². The summed E-state index contributed by atoms with van der Waals surface area (Å²) in [4.78, 5) is 36.1. The van der Waals surface area contributed by atoms with Crippen LogP contribution < -0.4 is 0 Å². The Hall–Kier alpha value is -1.89. The molecule has 126 valence electrons. The van der Waals surface area contributed by atoms with Crippen molar-refractivity contribution in [2.24, 2.45) is 0 Å². The predicted molar refractivity (Wildman–Crippen MR) is 84.3 cm³/mol. The zero-order valence-electron chi connectivity index (χ0n) is 14.0. The Balaban J connectivity index is 1.76. The van der Waals surface area contributed by atoms with Gasteiger partial charge in [0, 0.05) is 43.7 Å². The average Bonchev–Trinajstić information content (AvgIpc) is 3.10. The summed E-state index contributed by atoms with van der Waals surface area (Å²) < 4.78 is 5.28. The molecule has 7 heteroatoms. The van der Waals surface area contributed by atoms with Gasteiger partial charge in [-0.15, -0.1) is 0 Å².